The van der Waals surface area contributed by atoms with E-state index < -0.39 is 22.8 Å². The number of carboxylic acid groups (broad SMARTS) is 1. The Hall–Kier alpha value is -4.49. The third-order valence-corrected chi connectivity index (χ3v) is 6.04. The van der Waals surface area contributed by atoms with Gasteiger partial charge in [0.2, 0.25) is 0 Å². The number of fused-ring (bicyclic) bond motifs is 2. The largest absolute Gasteiger partial charge is 0.477 e. The molecule has 192 valence electrons. The van der Waals surface area contributed by atoms with Crippen LogP contribution in [0.2, 0.25) is 0 Å². The normalized spacial score (nSPS) is 12.6. The number of aromatic carboxylic acids is 1. The van der Waals surface area contributed by atoms with Crippen LogP contribution in [-0.2, 0) is 24.2 Å². The van der Waals surface area contributed by atoms with E-state index in [2.05, 4.69) is 31.8 Å². The molecule has 0 atom stereocenters. The molecule has 2 aromatic carbocycles. The average Bonchev–Trinajstić information content (AvgIpc) is 3.28. The van der Waals surface area contributed by atoms with Crippen LogP contribution in [0.5, 0.6) is 0 Å². The minimum atomic E-state index is -1.27. The molecule has 2 aromatic heterocycles. The van der Waals surface area contributed by atoms with Crippen molar-refractivity contribution in [3.05, 3.63) is 79.0 Å². The zero-order valence-electron chi connectivity index (χ0n) is 19.5. The summed E-state index contributed by atoms with van der Waals surface area (Å²) in [4.78, 5) is 53.4. The molecule has 5 rings (SSSR count). The summed E-state index contributed by atoms with van der Waals surface area (Å²) in [6.07, 6.45) is 2.11. The van der Waals surface area contributed by atoms with E-state index in [0.29, 0.717) is 25.3 Å². The molecule has 37 heavy (non-hydrogen) atoms. The molecular formula is C23H22ClN7O6. The number of carbonyl (C=O) groups excluding carboxylic acids is 1. The molecule has 3 heterocycles. The van der Waals surface area contributed by atoms with Crippen LogP contribution in [0.15, 0.2) is 40.1 Å². The smallest absolute Gasteiger partial charge is 0.356 e. The number of nitrogens with one attached hydrogen (secondary N) is 1. The van der Waals surface area contributed by atoms with Crippen LogP contribution in [0.1, 0.15) is 37.7 Å². The number of anilines is 3. The number of ether oxygens (including phenoxy) is 1. The van der Waals surface area contributed by atoms with Gasteiger partial charge in [-0.05, 0) is 34.9 Å². The number of esters is 1. The highest BCUT2D eigenvalue weighted by atomic mass is 35.5. The Bertz CT molecular complexity index is 1590. The third kappa shape index (κ3) is 4.81. The number of halogens is 1. The Morgan fingerprint density at radius 3 is 2.59 bits per heavy atom. The van der Waals surface area contributed by atoms with E-state index in [1.54, 1.807) is 0 Å². The number of aromatic nitrogens is 3. The minimum Gasteiger partial charge on any atom is -0.477 e. The van der Waals surface area contributed by atoms with Crippen molar-refractivity contribution >= 4 is 46.4 Å². The maximum Gasteiger partial charge on any atom is 0.356 e. The lowest BCUT2D eigenvalue weighted by Crippen LogP contribution is -2.44. The maximum atomic E-state index is 11.6. The number of methoxy groups -OCH3 is 1. The standard InChI is InChI=1S/C14H14ClN3O2.C9H8N4O4/c15-17-6-8-1-2-9-3-4-18(7-10(9)5-8)12-11(16)13(19)14(12)20;1-17-9(16)6-2-5(8(14)15)12-7-4(10)3-11-13(6)7/h1-2,5,17H,3-4,6-7,16H2;2-3H,10H2,1H3,(H,14,15). The first-order valence-electron chi connectivity index (χ1n) is 10.9. The van der Waals surface area contributed by atoms with Gasteiger partial charge in [-0.2, -0.15) is 5.10 Å². The van der Waals surface area contributed by atoms with E-state index in [4.69, 9.17) is 28.4 Å². The molecule has 0 radical (unpaired) electrons. The van der Waals surface area contributed by atoms with Crippen molar-refractivity contribution in [2.45, 2.75) is 19.5 Å². The molecule has 1 aliphatic heterocycles. The maximum absolute atomic E-state index is 11.6. The molecule has 4 aromatic rings. The molecule has 13 nitrogen and oxygen atoms in total. The summed E-state index contributed by atoms with van der Waals surface area (Å²) in [6, 6.07) is 7.27. The monoisotopic (exact) mass is 527 g/mol. The molecule has 0 saturated carbocycles. The first-order valence-corrected chi connectivity index (χ1v) is 11.3. The molecule has 14 heteroatoms. The average molecular weight is 528 g/mol. The molecule has 0 saturated heterocycles. The number of nitrogen functional groups attached to an aromatic ring is 2. The summed E-state index contributed by atoms with van der Waals surface area (Å²) in [7, 11) is 1.18. The van der Waals surface area contributed by atoms with Crippen molar-refractivity contribution in [2.75, 3.05) is 30.0 Å². The highest BCUT2D eigenvalue weighted by molar-refractivity contribution is 6.13. The fourth-order valence-corrected chi connectivity index (χ4v) is 4.19. The van der Waals surface area contributed by atoms with Crippen LogP contribution in [0, 0.1) is 0 Å². The van der Waals surface area contributed by atoms with Crippen molar-refractivity contribution < 1.29 is 19.4 Å². The lowest BCUT2D eigenvalue weighted by atomic mass is 9.96. The van der Waals surface area contributed by atoms with Crippen LogP contribution in [0.4, 0.5) is 17.1 Å². The second-order valence-corrected chi connectivity index (χ2v) is 8.43. The molecule has 0 amide bonds. The lowest BCUT2D eigenvalue weighted by Gasteiger charge is -2.31. The van der Waals surface area contributed by atoms with Crippen LogP contribution in [-0.4, -0.2) is 45.3 Å². The van der Waals surface area contributed by atoms with E-state index in [1.807, 2.05) is 11.0 Å². The van der Waals surface area contributed by atoms with Gasteiger partial charge in [-0.1, -0.05) is 18.2 Å². The third-order valence-electron chi connectivity index (χ3n) is 5.90. The molecular weight excluding hydrogens is 506 g/mol. The number of rotatable bonds is 5. The first kappa shape index (κ1) is 25.6. The predicted octanol–water partition coefficient (Wildman–Crippen LogP) is 0.467. The molecule has 0 fully saturated rings. The Labute approximate surface area is 214 Å². The Kier molecular flexibility index (Phi) is 7.09. The topological polar surface area (TPSA) is 195 Å². The second kappa shape index (κ2) is 10.2. The van der Waals surface area contributed by atoms with Crippen LogP contribution in [0.25, 0.3) is 5.65 Å². The summed E-state index contributed by atoms with van der Waals surface area (Å²) in [5.74, 6) is -1.98. The number of hydrogen-bond donors (Lipinski definition) is 4. The quantitative estimate of drug-likeness (QED) is 0.159. The van der Waals surface area contributed by atoms with Crippen molar-refractivity contribution in [3.63, 3.8) is 0 Å². The van der Waals surface area contributed by atoms with E-state index >= 15 is 0 Å². The van der Waals surface area contributed by atoms with Crippen LogP contribution in [0.3, 0.4) is 0 Å². The molecule has 1 aliphatic rings. The van der Waals surface area contributed by atoms with Gasteiger partial charge in [-0.25, -0.2) is 23.9 Å². The SMILES string of the molecule is COC(=O)c1cc(C(=O)O)nc2c(N)cnn12.Nc1c(N2CCc3ccc(CNCl)cc3C2)c(=O)c1=O. The van der Waals surface area contributed by atoms with Gasteiger partial charge in [0.15, 0.2) is 17.0 Å². The Balaban J connectivity index is 0.000000176. The second-order valence-electron chi connectivity index (χ2n) is 8.16. The van der Waals surface area contributed by atoms with Crippen molar-refractivity contribution in [1.82, 2.24) is 19.4 Å². The minimum absolute atomic E-state index is 0.0494. The summed E-state index contributed by atoms with van der Waals surface area (Å²) in [5, 5.41) is 12.7. The Morgan fingerprint density at radius 1 is 1.19 bits per heavy atom. The van der Waals surface area contributed by atoms with Crippen LogP contribution >= 0.6 is 11.8 Å². The fourth-order valence-electron chi connectivity index (χ4n) is 4.04. The number of benzene rings is 1. The molecule has 0 bridgehead atoms. The van der Waals surface area contributed by atoms with Gasteiger partial charge in [-0.15, -0.1) is 0 Å². The zero-order chi connectivity index (χ0) is 26.9. The van der Waals surface area contributed by atoms with E-state index in [-0.39, 0.29) is 28.4 Å². The van der Waals surface area contributed by atoms with Crippen molar-refractivity contribution in [2.24, 2.45) is 0 Å². The number of carboxylic acids is 1. The summed E-state index contributed by atoms with van der Waals surface area (Å²) in [6.45, 7) is 1.88. The van der Waals surface area contributed by atoms with E-state index in [1.165, 1.54) is 18.9 Å². The predicted molar refractivity (Wildman–Crippen MR) is 135 cm³/mol. The molecule has 6 N–H and O–H groups in total. The summed E-state index contributed by atoms with van der Waals surface area (Å²) in [5.41, 5.74) is 14.0. The van der Waals surface area contributed by atoms with E-state index in [0.717, 1.165) is 28.1 Å². The molecule has 0 spiro atoms. The van der Waals surface area contributed by atoms with Crippen molar-refractivity contribution in [3.8, 4) is 0 Å². The fraction of sp³-hybridized carbons (Fsp3) is 0.217. The van der Waals surface area contributed by atoms with Crippen molar-refractivity contribution in [1.29, 1.82) is 0 Å². The number of hydrogen-bond acceptors (Lipinski definition) is 11. The van der Waals surface area contributed by atoms with Crippen LogP contribution < -0.4 is 32.1 Å². The zero-order valence-corrected chi connectivity index (χ0v) is 20.3. The van der Waals surface area contributed by atoms with Gasteiger partial charge < -0.3 is 26.2 Å². The molecule has 0 unspecified atom stereocenters. The number of carbonyl (C=O) groups is 2. The summed E-state index contributed by atoms with van der Waals surface area (Å²) < 4.78 is 5.66. The van der Waals surface area contributed by atoms with Gasteiger partial charge >= 0.3 is 11.9 Å². The van der Waals surface area contributed by atoms with Gasteiger partial charge in [0.05, 0.1) is 19.0 Å². The lowest BCUT2D eigenvalue weighted by molar-refractivity contribution is 0.0590. The summed E-state index contributed by atoms with van der Waals surface area (Å²) >= 11 is 5.52. The highest BCUT2D eigenvalue weighted by Crippen LogP contribution is 2.26. The van der Waals surface area contributed by atoms with Gasteiger partial charge in [0, 0.05) is 25.7 Å². The highest BCUT2D eigenvalue weighted by Gasteiger charge is 2.26. The first-order chi connectivity index (χ1) is 17.7. The van der Waals surface area contributed by atoms with Gasteiger partial charge in [0.1, 0.15) is 11.4 Å². The van der Waals surface area contributed by atoms with Gasteiger partial charge in [-0.3, -0.25) is 9.59 Å². The van der Waals surface area contributed by atoms with Gasteiger partial charge in [0.25, 0.3) is 10.9 Å². The molecule has 0 aliphatic carbocycles. The van der Waals surface area contributed by atoms with E-state index in [9.17, 15) is 19.2 Å². The Morgan fingerprint density at radius 2 is 1.95 bits per heavy atom. The number of nitrogens with two attached hydrogens (primary N) is 2. The number of nitrogens with zero attached hydrogens (tertiary/aromatic N) is 4.